The third-order valence-electron chi connectivity index (χ3n) is 6.95. The first kappa shape index (κ1) is 37.9. The zero-order chi connectivity index (χ0) is 32.6. The number of unbranched alkanes of at least 4 members (excludes halogenated alkanes) is 5. The molecular formula is C34H57N3O6. The lowest BCUT2D eigenvalue weighted by molar-refractivity contribution is -0.144. The number of rotatable bonds is 18. The third kappa shape index (κ3) is 14.8. The van der Waals surface area contributed by atoms with E-state index in [1.165, 1.54) is 0 Å². The molecule has 1 aromatic rings. The van der Waals surface area contributed by atoms with E-state index in [9.17, 15) is 19.2 Å². The van der Waals surface area contributed by atoms with Crippen LogP contribution in [-0.2, 0) is 23.9 Å². The van der Waals surface area contributed by atoms with Crippen molar-refractivity contribution in [2.45, 2.75) is 131 Å². The Bertz CT molecular complexity index is 1030. The van der Waals surface area contributed by atoms with Gasteiger partial charge in [-0.3, -0.25) is 14.4 Å². The maximum Gasteiger partial charge on any atom is 0.408 e. The second kappa shape index (κ2) is 19.2. The molecule has 244 valence electrons. The predicted octanol–water partition coefficient (Wildman–Crippen LogP) is 6.54. The Morgan fingerprint density at radius 2 is 1.60 bits per heavy atom. The summed E-state index contributed by atoms with van der Waals surface area (Å²) in [7, 11) is 0. The van der Waals surface area contributed by atoms with Crippen molar-refractivity contribution >= 4 is 23.9 Å². The second-order valence-corrected chi connectivity index (χ2v) is 12.7. The Hall–Kier alpha value is -3.10. The van der Waals surface area contributed by atoms with E-state index >= 15 is 0 Å². The van der Waals surface area contributed by atoms with Crippen LogP contribution in [0.15, 0.2) is 18.2 Å². The molecule has 9 heteroatoms. The fourth-order valence-electron chi connectivity index (χ4n) is 4.89. The number of benzene rings is 1. The van der Waals surface area contributed by atoms with Gasteiger partial charge in [-0.1, -0.05) is 76.6 Å². The Labute approximate surface area is 259 Å². The lowest BCUT2D eigenvalue weighted by Crippen LogP contribution is -2.53. The molecule has 0 saturated carbocycles. The summed E-state index contributed by atoms with van der Waals surface area (Å²) in [5.41, 5.74) is 1.82. The molecule has 0 fully saturated rings. The molecule has 0 aromatic heterocycles. The molecule has 0 radical (unpaired) electrons. The minimum Gasteiger partial charge on any atom is -0.466 e. The number of nitrogens with zero attached hydrogens (tertiary/aromatic N) is 1. The first-order chi connectivity index (χ1) is 20.2. The number of amides is 3. The largest absolute Gasteiger partial charge is 0.466 e. The standard InChI is InChI=1S/C34H57N3O6/c1-10-12-13-14-15-16-21-37(32(40)28(22-24(3)4)36-33(41)43-34(7,8)9)30(27-23-25(5)17-18-26(27)6)31(39)35-20-19-29(38)42-11-2/h17-18,23-24,28,30H,10-16,19-22H2,1-9H3,(H,35,39)(H,36,41). The van der Waals surface area contributed by atoms with Gasteiger partial charge in [0.05, 0.1) is 13.0 Å². The summed E-state index contributed by atoms with van der Waals surface area (Å²) in [4.78, 5) is 54.8. The smallest absolute Gasteiger partial charge is 0.408 e. The summed E-state index contributed by atoms with van der Waals surface area (Å²) >= 11 is 0. The molecule has 3 amide bonds. The van der Waals surface area contributed by atoms with Gasteiger partial charge in [-0.05, 0) is 71.4 Å². The van der Waals surface area contributed by atoms with Crippen LogP contribution in [0.5, 0.6) is 0 Å². The molecule has 1 aromatic carbocycles. The summed E-state index contributed by atoms with van der Waals surface area (Å²) in [5, 5.41) is 5.68. The zero-order valence-corrected chi connectivity index (χ0v) is 28.1. The van der Waals surface area contributed by atoms with E-state index in [1.807, 2.05) is 45.9 Å². The van der Waals surface area contributed by atoms with Gasteiger partial charge in [0, 0.05) is 13.1 Å². The number of hydrogen-bond donors (Lipinski definition) is 2. The quantitative estimate of drug-likeness (QED) is 0.145. The first-order valence-corrected chi connectivity index (χ1v) is 16.0. The van der Waals surface area contributed by atoms with E-state index < -0.39 is 29.7 Å². The maximum atomic E-state index is 14.4. The number of nitrogens with one attached hydrogen (secondary N) is 2. The van der Waals surface area contributed by atoms with Crippen molar-refractivity contribution in [3.63, 3.8) is 0 Å². The topological polar surface area (TPSA) is 114 Å². The van der Waals surface area contributed by atoms with Crippen LogP contribution in [-0.4, -0.2) is 60.1 Å². The molecule has 0 aliphatic heterocycles. The van der Waals surface area contributed by atoms with Crippen LogP contribution in [0.3, 0.4) is 0 Å². The van der Waals surface area contributed by atoms with Crippen molar-refractivity contribution in [3.05, 3.63) is 34.9 Å². The second-order valence-electron chi connectivity index (χ2n) is 12.7. The highest BCUT2D eigenvalue weighted by Crippen LogP contribution is 2.28. The number of esters is 1. The highest BCUT2D eigenvalue weighted by molar-refractivity contribution is 5.92. The van der Waals surface area contributed by atoms with Crippen molar-refractivity contribution in [1.29, 1.82) is 0 Å². The van der Waals surface area contributed by atoms with Crippen molar-refractivity contribution in [2.75, 3.05) is 19.7 Å². The van der Waals surface area contributed by atoms with Gasteiger partial charge in [0.25, 0.3) is 0 Å². The fourth-order valence-corrected chi connectivity index (χ4v) is 4.89. The van der Waals surface area contributed by atoms with Crippen molar-refractivity contribution < 1.29 is 28.7 Å². The van der Waals surface area contributed by atoms with Crippen LogP contribution in [0.1, 0.15) is 123 Å². The molecule has 2 N–H and O–H groups in total. The highest BCUT2D eigenvalue weighted by atomic mass is 16.6. The molecule has 0 saturated heterocycles. The summed E-state index contributed by atoms with van der Waals surface area (Å²) in [6, 6.07) is 4.03. The Kier molecular flexibility index (Phi) is 17.0. The van der Waals surface area contributed by atoms with Gasteiger partial charge in [-0.25, -0.2) is 4.79 Å². The van der Waals surface area contributed by atoms with Crippen molar-refractivity contribution in [3.8, 4) is 0 Å². The lowest BCUT2D eigenvalue weighted by atomic mass is 9.94. The Morgan fingerprint density at radius 3 is 2.21 bits per heavy atom. The van der Waals surface area contributed by atoms with Gasteiger partial charge in [-0.2, -0.15) is 0 Å². The van der Waals surface area contributed by atoms with Crippen LogP contribution >= 0.6 is 0 Å². The molecule has 43 heavy (non-hydrogen) atoms. The van der Waals surface area contributed by atoms with Gasteiger partial charge >= 0.3 is 12.1 Å². The molecule has 2 atom stereocenters. The molecule has 0 aliphatic rings. The number of alkyl carbamates (subject to hydrolysis) is 1. The van der Waals surface area contributed by atoms with Crippen molar-refractivity contribution in [1.82, 2.24) is 15.5 Å². The summed E-state index contributed by atoms with van der Waals surface area (Å²) < 4.78 is 10.5. The summed E-state index contributed by atoms with van der Waals surface area (Å²) in [5.74, 6) is -1.01. The number of hydrogen-bond acceptors (Lipinski definition) is 6. The van der Waals surface area contributed by atoms with Gasteiger partial charge < -0.3 is 25.0 Å². The number of carbonyl (C=O) groups excluding carboxylic acids is 4. The number of ether oxygens (including phenoxy) is 2. The SMILES string of the molecule is CCCCCCCCN(C(=O)C(CC(C)C)NC(=O)OC(C)(C)C)C(C(=O)NCCC(=O)OCC)c1cc(C)ccc1C. The zero-order valence-electron chi connectivity index (χ0n) is 28.1. The van der Waals surface area contributed by atoms with E-state index in [2.05, 4.69) is 17.6 Å². The Balaban J connectivity index is 3.51. The lowest BCUT2D eigenvalue weighted by Gasteiger charge is -2.35. The van der Waals surface area contributed by atoms with Crippen LogP contribution in [0.2, 0.25) is 0 Å². The minimum absolute atomic E-state index is 0.0284. The average Bonchev–Trinajstić information content (AvgIpc) is 2.89. The average molecular weight is 604 g/mol. The summed E-state index contributed by atoms with van der Waals surface area (Å²) in [6.07, 6.45) is 5.83. The van der Waals surface area contributed by atoms with E-state index in [0.717, 1.165) is 43.2 Å². The normalized spacial score (nSPS) is 12.8. The van der Waals surface area contributed by atoms with Crippen molar-refractivity contribution in [2.24, 2.45) is 5.92 Å². The molecular weight excluding hydrogens is 546 g/mol. The minimum atomic E-state index is -0.944. The third-order valence-corrected chi connectivity index (χ3v) is 6.95. The van der Waals surface area contributed by atoms with Gasteiger partial charge in [0.2, 0.25) is 11.8 Å². The number of carbonyl (C=O) groups is 4. The van der Waals surface area contributed by atoms with Crippen LogP contribution in [0, 0.1) is 19.8 Å². The molecule has 0 spiro atoms. The summed E-state index contributed by atoms with van der Waals surface area (Å²) in [6.45, 7) is 17.8. The Morgan fingerprint density at radius 1 is 0.953 bits per heavy atom. The van der Waals surface area contributed by atoms with Gasteiger partial charge in [-0.15, -0.1) is 0 Å². The van der Waals surface area contributed by atoms with Gasteiger partial charge in [0.15, 0.2) is 0 Å². The fraction of sp³-hybridized carbons (Fsp3) is 0.706. The molecule has 1 rings (SSSR count). The van der Waals surface area contributed by atoms with E-state index in [0.29, 0.717) is 24.9 Å². The maximum absolute atomic E-state index is 14.4. The van der Waals surface area contributed by atoms with Crippen LogP contribution in [0.4, 0.5) is 4.79 Å². The predicted molar refractivity (Wildman–Crippen MR) is 171 cm³/mol. The molecule has 0 aliphatic carbocycles. The van der Waals surface area contributed by atoms with Crippen LogP contribution < -0.4 is 10.6 Å². The van der Waals surface area contributed by atoms with Gasteiger partial charge in [0.1, 0.15) is 17.7 Å². The molecule has 0 heterocycles. The molecule has 2 unspecified atom stereocenters. The number of aryl methyl sites for hydroxylation is 2. The van der Waals surface area contributed by atoms with E-state index in [-0.39, 0.29) is 37.3 Å². The highest BCUT2D eigenvalue weighted by Gasteiger charge is 2.37. The monoisotopic (exact) mass is 603 g/mol. The molecule has 0 bridgehead atoms. The molecule has 9 nitrogen and oxygen atoms in total. The van der Waals surface area contributed by atoms with E-state index in [1.54, 1.807) is 32.6 Å². The van der Waals surface area contributed by atoms with E-state index in [4.69, 9.17) is 9.47 Å². The van der Waals surface area contributed by atoms with Crippen LogP contribution in [0.25, 0.3) is 0 Å². The first-order valence-electron chi connectivity index (χ1n) is 16.0.